The second-order valence-electron chi connectivity index (χ2n) is 3.89. The third-order valence-electron chi connectivity index (χ3n) is 2.61. The molecule has 0 heterocycles. The van der Waals surface area contributed by atoms with E-state index in [1.54, 1.807) is 6.07 Å². The van der Waals surface area contributed by atoms with Crippen LogP contribution in [0.25, 0.3) is 11.1 Å². The zero-order chi connectivity index (χ0) is 12.4. The molecule has 0 unspecified atom stereocenters. The summed E-state index contributed by atoms with van der Waals surface area (Å²) in [7, 11) is 0. The van der Waals surface area contributed by atoms with Gasteiger partial charge in [0.05, 0.1) is 4.92 Å². The van der Waals surface area contributed by atoms with Crippen LogP contribution in [0.3, 0.4) is 0 Å². The third kappa shape index (κ3) is 2.25. The largest absolute Gasteiger partial charge is 0.398 e. The Hall–Kier alpha value is -2.36. The van der Waals surface area contributed by atoms with E-state index < -0.39 is 4.92 Å². The second-order valence-corrected chi connectivity index (χ2v) is 3.89. The zero-order valence-electron chi connectivity index (χ0n) is 9.38. The first kappa shape index (κ1) is 11.1. The number of nitrogens with zero attached hydrogens (tertiary/aromatic N) is 1. The van der Waals surface area contributed by atoms with Crippen molar-refractivity contribution < 1.29 is 4.92 Å². The Morgan fingerprint density at radius 1 is 1.12 bits per heavy atom. The first-order chi connectivity index (χ1) is 8.08. The van der Waals surface area contributed by atoms with Gasteiger partial charge in [0.25, 0.3) is 5.69 Å². The molecule has 0 aliphatic heterocycles. The molecule has 2 aromatic rings. The van der Waals surface area contributed by atoms with E-state index in [9.17, 15) is 10.1 Å². The van der Waals surface area contributed by atoms with Gasteiger partial charge in [-0.1, -0.05) is 29.8 Å². The van der Waals surface area contributed by atoms with Crippen molar-refractivity contribution in [2.24, 2.45) is 0 Å². The lowest BCUT2D eigenvalue weighted by Gasteiger charge is -2.05. The number of hydrogen-bond acceptors (Lipinski definition) is 3. The van der Waals surface area contributed by atoms with Crippen molar-refractivity contribution in [1.29, 1.82) is 0 Å². The van der Waals surface area contributed by atoms with Crippen LogP contribution in [0.1, 0.15) is 5.56 Å². The normalized spacial score (nSPS) is 10.2. The molecule has 0 spiro atoms. The topological polar surface area (TPSA) is 69.2 Å². The monoisotopic (exact) mass is 228 g/mol. The molecule has 0 saturated heterocycles. The van der Waals surface area contributed by atoms with Gasteiger partial charge in [-0.2, -0.15) is 0 Å². The van der Waals surface area contributed by atoms with Crippen molar-refractivity contribution in [3.8, 4) is 11.1 Å². The predicted molar refractivity (Wildman–Crippen MR) is 67.7 cm³/mol. The number of nitro benzene ring substituents is 1. The van der Waals surface area contributed by atoms with Crippen molar-refractivity contribution >= 4 is 11.4 Å². The van der Waals surface area contributed by atoms with Crippen LogP contribution in [-0.4, -0.2) is 4.92 Å². The van der Waals surface area contributed by atoms with Gasteiger partial charge < -0.3 is 5.73 Å². The average molecular weight is 228 g/mol. The lowest BCUT2D eigenvalue weighted by atomic mass is 10.0. The van der Waals surface area contributed by atoms with Gasteiger partial charge in [-0.15, -0.1) is 0 Å². The first-order valence-corrected chi connectivity index (χ1v) is 5.19. The number of anilines is 1. The van der Waals surface area contributed by atoms with E-state index in [4.69, 9.17) is 5.73 Å². The fourth-order valence-corrected chi connectivity index (χ4v) is 1.66. The number of nitrogens with two attached hydrogens (primary N) is 1. The number of nitrogen functional groups attached to an aromatic ring is 1. The number of rotatable bonds is 2. The van der Waals surface area contributed by atoms with E-state index in [1.807, 2.05) is 31.2 Å². The molecule has 2 N–H and O–H groups in total. The Morgan fingerprint density at radius 3 is 2.29 bits per heavy atom. The molecule has 0 amide bonds. The SMILES string of the molecule is Cc1ccc(-c2ccc([N+](=O)[O-])cc2N)cc1. The quantitative estimate of drug-likeness (QED) is 0.487. The van der Waals surface area contributed by atoms with Gasteiger partial charge in [-0.25, -0.2) is 0 Å². The van der Waals surface area contributed by atoms with Crippen LogP contribution < -0.4 is 5.73 Å². The Kier molecular flexibility index (Phi) is 2.78. The molecule has 0 radical (unpaired) electrons. The second kappa shape index (κ2) is 4.25. The van der Waals surface area contributed by atoms with Gasteiger partial charge in [0.15, 0.2) is 0 Å². The molecule has 0 aliphatic rings. The highest BCUT2D eigenvalue weighted by Gasteiger charge is 2.09. The molecular formula is C13H12N2O2. The fourth-order valence-electron chi connectivity index (χ4n) is 1.66. The molecule has 17 heavy (non-hydrogen) atoms. The van der Waals surface area contributed by atoms with Gasteiger partial charge >= 0.3 is 0 Å². The van der Waals surface area contributed by atoms with Crippen LogP contribution in [0.5, 0.6) is 0 Å². The molecule has 0 bridgehead atoms. The molecule has 0 atom stereocenters. The summed E-state index contributed by atoms with van der Waals surface area (Å²) in [6.45, 7) is 2.00. The van der Waals surface area contributed by atoms with Crippen LogP contribution in [0, 0.1) is 17.0 Å². The van der Waals surface area contributed by atoms with Crippen LogP contribution >= 0.6 is 0 Å². The third-order valence-corrected chi connectivity index (χ3v) is 2.61. The van der Waals surface area contributed by atoms with Crippen LogP contribution in [0.15, 0.2) is 42.5 Å². The maximum absolute atomic E-state index is 10.6. The van der Waals surface area contributed by atoms with Crippen LogP contribution in [0.2, 0.25) is 0 Å². The fraction of sp³-hybridized carbons (Fsp3) is 0.0769. The van der Waals surface area contributed by atoms with E-state index in [2.05, 4.69) is 0 Å². The Balaban J connectivity index is 2.46. The summed E-state index contributed by atoms with van der Waals surface area (Å²) >= 11 is 0. The van der Waals surface area contributed by atoms with Crippen molar-refractivity contribution in [2.75, 3.05) is 5.73 Å². The van der Waals surface area contributed by atoms with Gasteiger partial charge in [0.1, 0.15) is 0 Å². The number of aryl methyl sites for hydroxylation is 1. The predicted octanol–water partition coefficient (Wildman–Crippen LogP) is 3.15. The molecule has 0 aromatic heterocycles. The van der Waals surface area contributed by atoms with Gasteiger partial charge in [0, 0.05) is 23.4 Å². The summed E-state index contributed by atoms with van der Waals surface area (Å²) in [5, 5.41) is 10.6. The summed E-state index contributed by atoms with van der Waals surface area (Å²) in [6, 6.07) is 12.4. The standard InChI is InChI=1S/C13H12N2O2/c1-9-2-4-10(5-3-9)12-7-6-11(15(16)17)8-13(12)14/h2-8H,14H2,1H3. The van der Waals surface area contributed by atoms with Crippen LogP contribution in [0.4, 0.5) is 11.4 Å². The maximum Gasteiger partial charge on any atom is 0.271 e. The summed E-state index contributed by atoms with van der Waals surface area (Å²) in [6.07, 6.45) is 0. The number of benzene rings is 2. The molecule has 2 aromatic carbocycles. The van der Waals surface area contributed by atoms with Crippen molar-refractivity contribution in [2.45, 2.75) is 6.92 Å². The lowest BCUT2D eigenvalue weighted by Crippen LogP contribution is -1.94. The molecule has 4 nitrogen and oxygen atoms in total. The maximum atomic E-state index is 10.6. The minimum absolute atomic E-state index is 0.0124. The van der Waals surface area contributed by atoms with Crippen molar-refractivity contribution in [3.05, 3.63) is 58.1 Å². The van der Waals surface area contributed by atoms with Gasteiger partial charge in [0.2, 0.25) is 0 Å². The Labute approximate surface area is 98.8 Å². The molecule has 4 heteroatoms. The van der Waals surface area contributed by atoms with E-state index in [0.717, 1.165) is 16.7 Å². The number of nitro groups is 1. The molecule has 0 fully saturated rings. The van der Waals surface area contributed by atoms with Crippen molar-refractivity contribution in [3.63, 3.8) is 0 Å². The first-order valence-electron chi connectivity index (χ1n) is 5.19. The summed E-state index contributed by atoms with van der Waals surface area (Å²) in [5.41, 5.74) is 9.19. The number of hydrogen-bond donors (Lipinski definition) is 1. The molecular weight excluding hydrogens is 216 g/mol. The van der Waals surface area contributed by atoms with E-state index in [-0.39, 0.29) is 5.69 Å². The lowest BCUT2D eigenvalue weighted by molar-refractivity contribution is -0.384. The minimum atomic E-state index is -0.449. The minimum Gasteiger partial charge on any atom is -0.398 e. The Bertz CT molecular complexity index is 562. The zero-order valence-corrected chi connectivity index (χ0v) is 9.38. The molecule has 0 saturated carbocycles. The van der Waals surface area contributed by atoms with Crippen LogP contribution in [-0.2, 0) is 0 Å². The highest BCUT2D eigenvalue weighted by Crippen LogP contribution is 2.29. The summed E-state index contributed by atoms with van der Waals surface area (Å²) in [5.74, 6) is 0. The van der Waals surface area contributed by atoms with E-state index in [1.165, 1.54) is 12.1 Å². The molecule has 2 rings (SSSR count). The van der Waals surface area contributed by atoms with Gasteiger partial charge in [-0.05, 0) is 18.6 Å². The van der Waals surface area contributed by atoms with E-state index >= 15 is 0 Å². The average Bonchev–Trinajstić information content (AvgIpc) is 2.30. The molecule has 86 valence electrons. The van der Waals surface area contributed by atoms with Gasteiger partial charge in [-0.3, -0.25) is 10.1 Å². The smallest absolute Gasteiger partial charge is 0.271 e. The molecule has 0 aliphatic carbocycles. The van der Waals surface area contributed by atoms with Crippen molar-refractivity contribution in [1.82, 2.24) is 0 Å². The summed E-state index contributed by atoms with van der Waals surface area (Å²) < 4.78 is 0. The number of non-ortho nitro benzene ring substituents is 1. The highest BCUT2D eigenvalue weighted by molar-refractivity contribution is 5.78. The Morgan fingerprint density at radius 2 is 1.76 bits per heavy atom. The summed E-state index contributed by atoms with van der Waals surface area (Å²) in [4.78, 5) is 10.1. The highest BCUT2D eigenvalue weighted by atomic mass is 16.6. The van der Waals surface area contributed by atoms with E-state index in [0.29, 0.717) is 5.69 Å².